The Morgan fingerprint density at radius 3 is 2.89 bits per heavy atom. The van der Waals surface area contributed by atoms with Crippen molar-refractivity contribution >= 4 is 33.5 Å². The summed E-state index contributed by atoms with van der Waals surface area (Å²) >= 11 is 3.07. The number of halogens is 2. The summed E-state index contributed by atoms with van der Waals surface area (Å²) in [6, 6.07) is 4.31. The molecule has 1 atom stereocenters. The summed E-state index contributed by atoms with van der Waals surface area (Å²) in [4.78, 5) is 24.7. The van der Waals surface area contributed by atoms with Gasteiger partial charge in [0.15, 0.2) is 0 Å². The fourth-order valence-corrected chi connectivity index (χ4v) is 2.30. The molecule has 0 spiro atoms. The molecule has 0 N–H and O–H groups in total. The van der Waals surface area contributed by atoms with Gasteiger partial charge in [0, 0.05) is 18.7 Å². The Labute approximate surface area is 112 Å². The van der Waals surface area contributed by atoms with Crippen LogP contribution in [0.4, 0.5) is 10.1 Å². The molecule has 0 bridgehead atoms. The van der Waals surface area contributed by atoms with E-state index in [4.69, 9.17) is 0 Å². The molecular weight excluding hydrogens is 305 g/mol. The second-order valence-electron chi connectivity index (χ2n) is 4.03. The summed E-state index contributed by atoms with van der Waals surface area (Å²) in [7, 11) is 1.30. The van der Waals surface area contributed by atoms with E-state index in [1.54, 1.807) is 0 Å². The SMILES string of the molecule is COC(=O)C1CC(=O)N(c2ccc(F)c(Br)c2)C1. The van der Waals surface area contributed by atoms with Gasteiger partial charge in [-0.25, -0.2) is 4.39 Å². The van der Waals surface area contributed by atoms with Crippen molar-refractivity contribution < 1.29 is 18.7 Å². The number of ether oxygens (including phenoxy) is 1. The summed E-state index contributed by atoms with van der Waals surface area (Å²) in [5.74, 6) is -1.41. The topological polar surface area (TPSA) is 46.6 Å². The molecule has 1 aromatic carbocycles. The van der Waals surface area contributed by atoms with Crippen LogP contribution in [-0.2, 0) is 14.3 Å². The fourth-order valence-electron chi connectivity index (χ4n) is 1.93. The van der Waals surface area contributed by atoms with Gasteiger partial charge in [-0.1, -0.05) is 0 Å². The second-order valence-corrected chi connectivity index (χ2v) is 4.88. The summed E-state index contributed by atoms with van der Waals surface area (Å²) in [5.41, 5.74) is 0.569. The summed E-state index contributed by atoms with van der Waals surface area (Å²) in [5, 5.41) is 0. The molecule has 1 aliphatic heterocycles. The standard InChI is InChI=1S/C12H11BrFNO3/c1-18-12(17)7-4-11(16)15(6-7)8-2-3-10(14)9(13)5-8/h2-3,5,7H,4,6H2,1H3. The maximum Gasteiger partial charge on any atom is 0.311 e. The van der Waals surface area contributed by atoms with Gasteiger partial charge in [0.05, 0.1) is 17.5 Å². The molecule has 6 heteroatoms. The molecule has 18 heavy (non-hydrogen) atoms. The fraction of sp³-hybridized carbons (Fsp3) is 0.333. The van der Waals surface area contributed by atoms with Crippen molar-refractivity contribution in [3.05, 3.63) is 28.5 Å². The van der Waals surface area contributed by atoms with E-state index >= 15 is 0 Å². The third-order valence-corrected chi connectivity index (χ3v) is 3.48. The first-order valence-corrected chi connectivity index (χ1v) is 6.15. The lowest BCUT2D eigenvalue weighted by molar-refractivity contribution is -0.145. The van der Waals surface area contributed by atoms with Crippen LogP contribution >= 0.6 is 15.9 Å². The number of hydrogen-bond donors (Lipinski definition) is 0. The van der Waals surface area contributed by atoms with E-state index in [1.807, 2.05) is 0 Å². The molecule has 1 heterocycles. The molecule has 1 amide bonds. The van der Waals surface area contributed by atoms with Crippen LogP contribution < -0.4 is 4.90 Å². The van der Waals surface area contributed by atoms with Gasteiger partial charge < -0.3 is 9.64 Å². The van der Waals surface area contributed by atoms with E-state index in [2.05, 4.69) is 20.7 Å². The smallest absolute Gasteiger partial charge is 0.311 e. The van der Waals surface area contributed by atoms with Gasteiger partial charge in [-0.2, -0.15) is 0 Å². The van der Waals surface area contributed by atoms with Crippen LogP contribution in [0.1, 0.15) is 6.42 Å². The highest BCUT2D eigenvalue weighted by molar-refractivity contribution is 9.10. The predicted molar refractivity (Wildman–Crippen MR) is 66.6 cm³/mol. The van der Waals surface area contributed by atoms with Crippen LogP contribution in [0.15, 0.2) is 22.7 Å². The van der Waals surface area contributed by atoms with Crippen molar-refractivity contribution in [3.8, 4) is 0 Å². The number of carbonyl (C=O) groups excluding carboxylic acids is 2. The number of anilines is 1. The van der Waals surface area contributed by atoms with Crippen molar-refractivity contribution in [1.82, 2.24) is 0 Å². The molecule has 4 nitrogen and oxygen atoms in total. The first-order valence-electron chi connectivity index (χ1n) is 5.36. The summed E-state index contributed by atoms with van der Waals surface area (Å²) in [6.07, 6.45) is 0.127. The first kappa shape index (κ1) is 13.0. The van der Waals surface area contributed by atoms with Crippen molar-refractivity contribution in [2.45, 2.75) is 6.42 Å². The van der Waals surface area contributed by atoms with Crippen molar-refractivity contribution in [1.29, 1.82) is 0 Å². The van der Waals surface area contributed by atoms with Crippen LogP contribution in [0.25, 0.3) is 0 Å². The monoisotopic (exact) mass is 315 g/mol. The van der Waals surface area contributed by atoms with E-state index in [0.717, 1.165) is 0 Å². The Morgan fingerprint density at radius 2 is 2.28 bits per heavy atom. The molecule has 0 aromatic heterocycles. The number of rotatable bonds is 2. The third-order valence-electron chi connectivity index (χ3n) is 2.87. The molecule has 0 saturated carbocycles. The Morgan fingerprint density at radius 1 is 1.56 bits per heavy atom. The van der Waals surface area contributed by atoms with E-state index in [0.29, 0.717) is 5.69 Å². The molecule has 1 saturated heterocycles. The molecular formula is C12H11BrFNO3. The zero-order chi connectivity index (χ0) is 13.3. The Bertz CT molecular complexity index is 506. The highest BCUT2D eigenvalue weighted by Crippen LogP contribution is 2.29. The van der Waals surface area contributed by atoms with Crippen molar-refractivity contribution in [2.75, 3.05) is 18.6 Å². The number of amides is 1. The van der Waals surface area contributed by atoms with Gasteiger partial charge in [0.2, 0.25) is 5.91 Å². The molecule has 96 valence electrons. The number of methoxy groups -OCH3 is 1. The largest absolute Gasteiger partial charge is 0.469 e. The van der Waals surface area contributed by atoms with Gasteiger partial charge >= 0.3 is 5.97 Å². The lowest BCUT2D eigenvalue weighted by atomic mass is 10.1. The van der Waals surface area contributed by atoms with Gasteiger partial charge in [-0.05, 0) is 34.1 Å². The first-order chi connectivity index (χ1) is 8.52. The van der Waals surface area contributed by atoms with Crippen LogP contribution in [0.2, 0.25) is 0 Å². The van der Waals surface area contributed by atoms with E-state index in [9.17, 15) is 14.0 Å². The second kappa shape index (κ2) is 5.06. The number of hydrogen-bond acceptors (Lipinski definition) is 3. The summed E-state index contributed by atoms with van der Waals surface area (Å²) < 4.78 is 18.0. The van der Waals surface area contributed by atoms with E-state index in [-0.39, 0.29) is 23.3 Å². The minimum atomic E-state index is -0.452. The number of benzene rings is 1. The Kier molecular flexibility index (Phi) is 3.65. The lowest BCUT2D eigenvalue weighted by Gasteiger charge is -2.16. The molecule has 1 fully saturated rings. The maximum absolute atomic E-state index is 13.1. The van der Waals surface area contributed by atoms with Crippen LogP contribution in [0.3, 0.4) is 0 Å². The average Bonchev–Trinajstić information content (AvgIpc) is 2.74. The summed E-state index contributed by atoms with van der Waals surface area (Å²) in [6.45, 7) is 0.267. The normalized spacial score (nSPS) is 19.2. The minimum absolute atomic E-state index is 0.127. The minimum Gasteiger partial charge on any atom is -0.469 e. The lowest BCUT2D eigenvalue weighted by Crippen LogP contribution is -2.26. The molecule has 0 aliphatic carbocycles. The molecule has 2 rings (SSSR count). The predicted octanol–water partition coefficient (Wildman–Crippen LogP) is 2.11. The molecule has 1 aromatic rings. The zero-order valence-corrected chi connectivity index (χ0v) is 11.2. The quantitative estimate of drug-likeness (QED) is 0.785. The van der Waals surface area contributed by atoms with Crippen molar-refractivity contribution in [3.63, 3.8) is 0 Å². The Balaban J connectivity index is 2.21. The third kappa shape index (κ3) is 2.38. The van der Waals surface area contributed by atoms with Crippen molar-refractivity contribution in [2.24, 2.45) is 5.92 Å². The van der Waals surface area contributed by atoms with Gasteiger partial charge in [-0.15, -0.1) is 0 Å². The number of esters is 1. The molecule has 1 aliphatic rings. The van der Waals surface area contributed by atoms with Crippen LogP contribution in [-0.4, -0.2) is 25.5 Å². The molecule has 0 radical (unpaired) electrons. The van der Waals surface area contributed by atoms with Gasteiger partial charge in [-0.3, -0.25) is 9.59 Å². The zero-order valence-electron chi connectivity index (χ0n) is 9.65. The maximum atomic E-state index is 13.1. The average molecular weight is 316 g/mol. The van der Waals surface area contributed by atoms with Crippen LogP contribution in [0, 0.1) is 11.7 Å². The highest BCUT2D eigenvalue weighted by atomic mass is 79.9. The van der Waals surface area contributed by atoms with E-state index < -0.39 is 17.7 Å². The highest BCUT2D eigenvalue weighted by Gasteiger charge is 2.35. The number of nitrogens with zero attached hydrogens (tertiary/aromatic N) is 1. The number of carbonyl (C=O) groups is 2. The van der Waals surface area contributed by atoms with Gasteiger partial charge in [0.25, 0.3) is 0 Å². The van der Waals surface area contributed by atoms with Gasteiger partial charge in [0.1, 0.15) is 5.82 Å². The van der Waals surface area contributed by atoms with E-state index in [1.165, 1.54) is 30.2 Å². The Hall–Kier alpha value is -1.43. The molecule has 1 unspecified atom stereocenters. The van der Waals surface area contributed by atoms with Crippen LogP contribution in [0.5, 0.6) is 0 Å².